The van der Waals surface area contributed by atoms with E-state index in [4.69, 9.17) is 5.11 Å². The Morgan fingerprint density at radius 3 is 3.00 bits per heavy atom. The van der Waals surface area contributed by atoms with E-state index < -0.39 is 0 Å². The molecule has 0 saturated heterocycles. The molecule has 1 atom stereocenters. The number of amides is 1. The number of rotatable bonds is 3. The van der Waals surface area contributed by atoms with Crippen LogP contribution in [0.5, 0.6) is 0 Å². The molecular weight excluding hydrogens is 170 g/mol. The third-order valence-corrected chi connectivity index (χ3v) is 1.78. The van der Waals surface area contributed by atoms with Crippen molar-refractivity contribution in [2.45, 2.75) is 19.4 Å². The van der Waals surface area contributed by atoms with Crippen LogP contribution in [0.15, 0.2) is 18.7 Å². The minimum Gasteiger partial charge on any atom is -0.394 e. The van der Waals surface area contributed by atoms with Gasteiger partial charge in [-0.25, -0.2) is 9.78 Å². The Morgan fingerprint density at radius 2 is 2.54 bits per heavy atom. The predicted molar refractivity (Wildman–Crippen MR) is 47.3 cm³/mol. The molecule has 0 aliphatic heterocycles. The van der Waals surface area contributed by atoms with Gasteiger partial charge in [0.15, 0.2) is 0 Å². The molecule has 1 heterocycles. The van der Waals surface area contributed by atoms with Gasteiger partial charge in [0.05, 0.1) is 12.6 Å². The fraction of sp³-hybridized carbons (Fsp3) is 0.500. The van der Waals surface area contributed by atoms with Gasteiger partial charge < -0.3 is 10.4 Å². The first-order valence-corrected chi connectivity index (χ1v) is 4.17. The van der Waals surface area contributed by atoms with Crippen molar-refractivity contribution in [2.75, 3.05) is 6.61 Å². The number of imidazole rings is 1. The Bertz CT molecular complexity index is 254. The summed E-state index contributed by atoms with van der Waals surface area (Å²) in [6, 6.07) is -0.451. The lowest BCUT2D eigenvalue weighted by Crippen LogP contribution is -2.39. The van der Waals surface area contributed by atoms with Crippen molar-refractivity contribution in [1.82, 2.24) is 14.9 Å². The summed E-state index contributed by atoms with van der Waals surface area (Å²) < 4.78 is 1.33. The number of aromatic nitrogens is 2. The molecule has 72 valence electrons. The van der Waals surface area contributed by atoms with Crippen LogP contribution in [0, 0.1) is 0 Å². The second-order valence-corrected chi connectivity index (χ2v) is 2.71. The molecule has 1 amide bonds. The van der Waals surface area contributed by atoms with Gasteiger partial charge in [-0.2, -0.15) is 0 Å². The Balaban J connectivity index is 2.50. The molecule has 1 aromatic rings. The highest BCUT2D eigenvalue weighted by Crippen LogP contribution is 1.91. The van der Waals surface area contributed by atoms with Crippen LogP contribution in [-0.4, -0.2) is 33.3 Å². The summed E-state index contributed by atoms with van der Waals surface area (Å²) in [6.45, 7) is 1.85. The van der Waals surface area contributed by atoms with E-state index in [9.17, 15) is 4.79 Å². The van der Waals surface area contributed by atoms with Gasteiger partial charge >= 0.3 is 6.03 Å². The highest BCUT2D eigenvalue weighted by atomic mass is 16.3. The molecular formula is C8H13N3O2. The summed E-state index contributed by atoms with van der Waals surface area (Å²) >= 11 is 0. The van der Waals surface area contributed by atoms with Gasteiger partial charge in [0, 0.05) is 12.4 Å². The van der Waals surface area contributed by atoms with Gasteiger partial charge in [0.2, 0.25) is 0 Å². The van der Waals surface area contributed by atoms with Crippen molar-refractivity contribution in [3.05, 3.63) is 18.7 Å². The number of aliphatic hydroxyl groups is 1. The first kappa shape index (κ1) is 9.73. The van der Waals surface area contributed by atoms with Crippen LogP contribution < -0.4 is 5.32 Å². The Morgan fingerprint density at radius 1 is 1.77 bits per heavy atom. The van der Waals surface area contributed by atoms with E-state index in [-0.39, 0.29) is 18.7 Å². The quantitative estimate of drug-likeness (QED) is 0.704. The molecule has 1 rings (SSSR count). The van der Waals surface area contributed by atoms with Crippen molar-refractivity contribution >= 4 is 6.03 Å². The average Bonchev–Trinajstić information content (AvgIpc) is 2.66. The molecule has 1 aromatic heterocycles. The van der Waals surface area contributed by atoms with Crippen LogP contribution in [-0.2, 0) is 0 Å². The zero-order valence-electron chi connectivity index (χ0n) is 7.47. The summed E-state index contributed by atoms with van der Waals surface area (Å²) in [5, 5.41) is 11.5. The molecule has 0 aliphatic carbocycles. The molecule has 0 spiro atoms. The molecule has 0 fully saturated rings. The van der Waals surface area contributed by atoms with E-state index in [1.54, 1.807) is 6.20 Å². The lowest BCUT2D eigenvalue weighted by Gasteiger charge is -2.13. The van der Waals surface area contributed by atoms with Crippen LogP contribution in [0.2, 0.25) is 0 Å². The first-order chi connectivity index (χ1) is 6.27. The highest BCUT2D eigenvalue weighted by molar-refractivity contribution is 5.76. The van der Waals surface area contributed by atoms with Crippen LogP contribution in [0.25, 0.3) is 0 Å². The second-order valence-electron chi connectivity index (χ2n) is 2.71. The molecule has 0 aromatic carbocycles. The monoisotopic (exact) mass is 183 g/mol. The number of carbonyl (C=O) groups is 1. The summed E-state index contributed by atoms with van der Waals surface area (Å²) in [7, 11) is 0. The Kier molecular flexibility index (Phi) is 3.45. The molecule has 0 bridgehead atoms. The smallest absolute Gasteiger partial charge is 0.327 e. The zero-order chi connectivity index (χ0) is 9.68. The van der Waals surface area contributed by atoms with Crippen molar-refractivity contribution < 1.29 is 9.90 Å². The number of hydrogen-bond acceptors (Lipinski definition) is 3. The standard InChI is InChI=1S/C8H13N3O2/c1-2-7(5-12)10-8(13)11-4-3-9-6-11/h3-4,6-7,12H,2,5H2,1H3,(H,10,13)/t7-/m1/s1. The third-order valence-electron chi connectivity index (χ3n) is 1.78. The second kappa shape index (κ2) is 4.61. The Hall–Kier alpha value is -1.36. The van der Waals surface area contributed by atoms with Crippen LogP contribution in [0.1, 0.15) is 13.3 Å². The van der Waals surface area contributed by atoms with Gasteiger partial charge in [-0.3, -0.25) is 4.57 Å². The average molecular weight is 183 g/mol. The van der Waals surface area contributed by atoms with Crippen LogP contribution in [0.4, 0.5) is 4.79 Å². The highest BCUT2D eigenvalue weighted by Gasteiger charge is 2.09. The zero-order valence-corrected chi connectivity index (χ0v) is 7.47. The van der Waals surface area contributed by atoms with Gasteiger partial charge in [-0.05, 0) is 6.42 Å². The summed E-state index contributed by atoms with van der Waals surface area (Å²) in [4.78, 5) is 15.1. The normalized spacial score (nSPS) is 12.5. The lowest BCUT2D eigenvalue weighted by atomic mass is 10.2. The molecule has 0 unspecified atom stereocenters. The van der Waals surface area contributed by atoms with E-state index in [1.807, 2.05) is 6.92 Å². The van der Waals surface area contributed by atoms with Crippen molar-refractivity contribution in [2.24, 2.45) is 0 Å². The number of carbonyl (C=O) groups excluding carboxylic acids is 1. The molecule has 0 radical (unpaired) electrons. The van der Waals surface area contributed by atoms with E-state index in [0.717, 1.165) is 0 Å². The maximum absolute atomic E-state index is 11.3. The minimum absolute atomic E-state index is 0.0447. The Labute approximate surface area is 76.4 Å². The van der Waals surface area contributed by atoms with Gasteiger partial charge in [-0.1, -0.05) is 6.92 Å². The predicted octanol–water partition coefficient (Wildman–Crippen LogP) is 0.212. The number of hydrogen-bond donors (Lipinski definition) is 2. The van der Waals surface area contributed by atoms with E-state index >= 15 is 0 Å². The topological polar surface area (TPSA) is 67.2 Å². The van der Waals surface area contributed by atoms with Crippen LogP contribution >= 0.6 is 0 Å². The van der Waals surface area contributed by atoms with Crippen LogP contribution in [0.3, 0.4) is 0 Å². The summed E-state index contributed by atoms with van der Waals surface area (Å²) in [6.07, 6.45) is 5.20. The van der Waals surface area contributed by atoms with Gasteiger partial charge in [0.25, 0.3) is 0 Å². The summed E-state index contributed by atoms with van der Waals surface area (Å²) in [5.74, 6) is 0. The first-order valence-electron chi connectivity index (χ1n) is 4.17. The molecule has 13 heavy (non-hydrogen) atoms. The van der Waals surface area contributed by atoms with Crippen molar-refractivity contribution in [3.63, 3.8) is 0 Å². The van der Waals surface area contributed by atoms with E-state index in [0.29, 0.717) is 6.42 Å². The molecule has 5 heteroatoms. The fourth-order valence-corrected chi connectivity index (χ4v) is 0.905. The molecule has 0 saturated carbocycles. The number of nitrogens with one attached hydrogen (secondary N) is 1. The summed E-state index contributed by atoms with van der Waals surface area (Å²) in [5.41, 5.74) is 0. The van der Waals surface area contributed by atoms with Gasteiger partial charge in [0.1, 0.15) is 6.33 Å². The minimum atomic E-state index is -0.265. The largest absolute Gasteiger partial charge is 0.394 e. The van der Waals surface area contributed by atoms with E-state index in [1.165, 1.54) is 17.1 Å². The molecule has 5 nitrogen and oxygen atoms in total. The maximum atomic E-state index is 11.3. The SMILES string of the molecule is CC[C@H](CO)NC(=O)n1ccnc1. The lowest BCUT2D eigenvalue weighted by molar-refractivity contribution is 0.215. The van der Waals surface area contributed by atoms with Gasteiger partial charge in [-0.15, -0.1) is 0 Å². The molecule has 2 N–H and O–H groups in total. The van der Waals surface area contributed by atoms with Crippen molar-refractivity contribution in [3.8, 4) is 0 Å². The fourth-order valence-electron chi connectivity index (χ4n) is 0.905. The maximum Gasteiger partial charge on any atom is 0.327 e. The third kappa shape index (κ3) is 2.55. The van der Waals surface area contributed by atoms with E-state index in [2.05, 4.69) is 10.3 Å². The number of aliphatic hydroxyl groups excluding tert-OH is 1. The number of nitrogens with zero attached hydrogens (tertiary/aromatic N) is 2. The van der Waals surface area contributed by atoms with Crippen molar-refractivity contribution in [1.29, 1.82) is 0 Å². The molecule has 0 aliphatic rings.